The summed E-state index contributed by atoms with van der Waals surface area (Å²) < 4.78 is 5.71. The van der Waals surface area contributed by atoms with Crippen molar-refractivity contribution < 1.29 is 4.74 Å². The molecule has 1 rings (SSSR count). The van der Waals surface area contributed by atoms with E-state index < -0.39 is 0 Å². The molecular weight excluding hydrogens is 244 g/mol. The van der Waals surface area contributed by atoms with Gasteiger partial charge in [0.05, 0.1) is 5.69 Å². The third kappa shape index (κ3) is 3.77. The molecule has 0 aromatic carbocycles. The number of rotatable bonds is 6. The summed E-state index contributed by atoms with van der Waals surface area (Å²) in [6.07, 6.45) is 1.92. The Morgan fingerprint density at radius 2 is 1.89 bits per heavy atom. The van der Waals surface area contributed by atoms with Crippen molar-refractivity contribution in [2.75, 3.05) is 7.11 Å². The van der Waals surface area contributed by atoms with Gasteiger partial charge in [-0.05, 0) is 33.6 Å². The van der Waals surface area contributed by atoms with Gasteiger partial charge >= 0.3 is 0 Å². The molecule has 104 valence electrons. The number of hydrogen-bond donors (Lipinski definition) is 1. The Labute approximate surface area is 115 Å². The Morgan fingerprint density at radius 3 is 2.33 bits per heavy atom. The SMILES string of the molecule is CCC(CC)(OC)c1nc(CNC(C)(C)C)cs1. The molecule has 3 nitrogen and oxygen atoms in total. The minimum Gasteiger partial charge on any atom is -0.371 e. The lowest BCUT2D eigenvalue weighted by Crippen LogP contribution is -2.35. The Bertz CT molecular complexity index is 356. The van der Waals surface area contributed by atoms with Crippen LogP contribution in [-0.4, -0.2) is 17.6 Å². The molecule has 0 aliphatic carbocycles. The summed E-state index contributed by atoms with van der Waals surface area (Å²) in [5, 5.41) is 6.69. The molecule has 0 saturated carbocycles. The second-order valence-corrected chi connectivity index (χ2v) is 6.51. The zero-order chi connectivity index (χ0) is 13.8. The van der Waals surface area contributed by atoms with Crippen molar-refractivity contribution in [2.45, 2.75) is 65.1 Å². The van der Waals surface area contributed by atoms with E-state index >= 15 is 0 Å². The van der Waals surface area contributed by atoms with Crippen LogP contribution in [0, 0.1) is 0 Å². The molecule has 0 bridgehead atoms. The van der Waals surface area contributed by atoms with E-state index in [0.717, 1.165) is 30.1 Å². The van der Waals surface area contributed by atoms with Crippen molar-refractivity contribution in [3.05, 3.63) is 16.1 Å². The van der Waals surface area contributed by atoms with Crippen molar-refractivity contribution in [1.29, 1.82) is 0 Å². The highest BCUT2D eigenvalue weighted by Crippen LogP contribution is 2.34. The van der Waals surface area contributed by atoms with Crippen LogP contribution in [0.15, 0.2) is 5.38 Å². The van der Waals surface area contributed by atoms with Crippen molar-refractivity contribution in [3.63, 3.8) is 0 Å². The number of nitrogens with zero attached hydrogens (tertiary/aromatic N) is 1. The van der Waals surface area contributed by atoms with E-state index in [2.05, 4.69) is 45.3 Å². The minimum absolute atomic E-state index is 0.123. The third-order valence-electron chi connectivity index (χ3n) is 3.27. The van der Waals surface area contributed by atoms with Crippen LogP contribution in [0.3, 0.4) is 0 Å². The maximum atomic E-state index is 5.71. The van der Waals surface area contributed by atoms with E-state index in [9.17, 15) is 0 Å². The molecule has 0 unspecified atom stereocenters. The number of nitrogens with one attached hydrogen (secondary N) is 1. The topological polar surface area (TPSA) is 34.1 Å². The zero-order valence-corrected chi connectivity index (χ0v) is 13.3. The second-order valence-electron chi connectivity index (χ2n) is 5.65. The van der Waals surface area contributed by atoms with Gasteiger partial charge in [-0.3, -0.25) is 0 Å². The van der Waals surface area contributed by atoms with Crippen LogP contribution in [0.25, 0.3) is 0 Å². The van der Waals surface area contributed by atoms with Crippen LogP contribution in [0.4, 0.5) is 0 Å². The Morgan fingerprint density at radius 1 is 1.28 bits per heavy atom. The molecule has 0 saturated heterocycles. The van der Waals surface area contributed by atoms with E-state index in [1.165, 1.54) is 0 Å². The van der Waals surface area contributed by atoms with Crippen LogP contribution in [0.5, 0.6) is 0 Å². The molecule has 0 aliphatic heterocycles. The monoisotopic (exact) mass is 270 g/mol. The predicted molar refractivity (Wildman–Crippen MR) is 78.0 cm³/mol. The van der Waals surface area contributed by atoms with Gasteiger partial charge in [-0.1, -0.05) is 13.8 Å². The van der Waals surface area contributed by atoms with Crippen molar-refractivity contribution in [3.8, 4) is 0 Å². The van der Waals surface area contributed by atoms with Crippen molar-refractivity contribution in [1.82, 2.24) is 10.3 Å². The molecule has 4 heteroatoms. The maximum absolute atomic E-state index is 5.71. The maximum Gasteiger partial charge on any atom is 0.125 e. The first kappa shape index (κ1) is 15.6. The molecule has 0 radical (unpaired) electrons. The number of methoxy groups -OCH3 is 1. The quantitative estimate of drug-likeness (QED) is 0.856. The molecule has 0 amide bonds. The fraction of sp³-hybridized carbons (Fsp3) is 0.786. The lowest BCUT2D eigenvalue weighted by molar-refractivity contribution is -0.0220. The highest BCUT2D eigenvalue weighted by atomic mass is 32.1. The van der Waals surface area contributed by atoms with Crippen molar-refractivity contribution >= 4 is 11.3 Å². The first-order chi connectivity index (χ1) is 8.37. The Hall–Kier alpha value is -0.450. The van der Waals surface area contributed by atoms with E-state index in [-0.39, 0.29) is 11.1 Å². The summed E-state index contributed by atoms with van der Waals surface area (Å²) in [6, 6.07) is 0. The van der Waals surface area contributed by atoms with Gasteiger partial charge in [0.1, 0.15) is 10.6 Å². The smallest absolute Gasteiger partial charge is 0.125 e. The molecule has 0 aliphatic rings. The van der Waals surface area contributed by atoms with Crippen molar-refractivity contribution in [2.24, 2.45) is 0 Å². The fourth-order valence-electron chi connectivity index (χ4n) is 1.88. The van der Waals surface area contributed by atoms with Crippen LogP contribution < -0.4 is 5.32 Å². The van der Waals surface area contributed by atoms with Crippen LogP contribution in [-0.2, 0) is 16.9 Å². The van der Waals surface area contributed by atoms with E-state index in [0.29, 0.717) is 0 Å². The minimum atomic E-state index is -0.204. The molecule has 0 atom stereocenters. The summed E-state index contributed by atoms with van der Waals surface area (Å²) in [6.45, 7) is 11.6. The van der Waals surface area contributed by atoms with Gasteiger partial charge in [0.15, 0.2) is 0 Å². The molecule has 18 heavy (non-hydrogen) atoms. The van der Waals surface area contributed by atoms with Gasteiger partial charge in [0.2, 0.25) is 0 Å². The summed E-state index contributed by atoms with van der Waals surface area (Å²) >= 11 is 1.70. The van der Waals surface area contributed by atoms with Crippen LogP contribution >= 0.6 is 11.3 Å². The summed E-state index contributed by atoms with van der Waals surface area (Å²) in [5.41, 5.74) is 1.02. The lowest BCUT2D eigenvalue weighted by atomic mass is 9.98. The second kappa shape index (κ2) is 6.13. The predicted octanol–water partition coefficient (Wildman–Crippen LogP) is 3.69. The Balaban J connectivity index is 2.79. The van der Waals surface area contributed by atoms with Gasteiger partial charge in [0.25, 0.3) is 0 Å². The van der Waals surface area contributed by atoms with Gasteiger partial charge in [-0.2, -0.15) is 0 Å². The third-order valence-corrected chi connectivity index (χ3v) is 4.35. The molecular formula is C14H26N2OS. The number of hydrogen-bond acceptors (Lipinski definition) is 4. The first-order valence-electron chi connectivity index (χ1n) is 6.62. The van der Waals surface area contributed by atoms with E-state index in [1.54, 1.807) is 18.4 Å². The highest BCUT2D eigenvalue weighted by Gasteiger charge is 2.31. The summed E-state index contributed by atoms with van der Waals surface area (Å²) in [5.74, 6) is 0. The van der Waals surface area contributed by atoms with E-state index in [1.807, 2.05) is 0 Å². The van der Waals surface area contributed by atoms with Gasteiger partial charge < -0.3 is 10.1 Å². The first-order valence-corrected chi connectivity index (χ1v) is 7.50. The molecule has 1 N–H and O–H groups in total. The normalized spacial score (nSPS) is 13.0. The number of ether oxygens (including phenoxy) is 1. The molecule has 1 heterocycles. The fourth-order valence-corrected chi connectivity index (χ4v) is 3.02. The average molecular weight is 270 g/mol. The molecule has 0 spiro atoms. The standard InChI is InChI=1S/C14H26N2OS/c1-7-14(8-2,17-6)12-16-11(10-18-12)9-15-13(3,4)5/h10,15H,7-9H2,1-6H3. The van der Waals surface area contributed by atoms with Gasteiger partial charge in [-0.25, -0.2) is 4.98 Å². The summed E-state index contributed by atoms with van der Waals surface area (Å²) in [4.78, 5) is 4.73. The molecule has 1 aromatic rings. The number of thiazole rings is 1. The van der Waals surface area contributed by atoms with Crippen LogP contribution in [0.2, 0.25) is 0 Å². The van der Waals surface area contributed by atoms with Gasteiger partial charge in [-0.15, -0.1) is 11.3 Å². The van der Waals surface area contributed by atoms with Crippen LogP contribution in [0.1, 0.15) is 58.2 Å². The van der Waals surface area contributed by atoms with E-state index in [4.69, 9.17) is 9.72 Å². The largest absolute Gasteiger partial charge is 0.371 e. The molecule has 0 fully saturated rings. The lowest BCUT2D eigenvalue weighted by Gasteiger charge is -2.27. The average Bonchev–Trinajstić information content (AvgIpc) is 2.78. The molecule has 1 aromatic heterocycles. The zero-order valence-electron chi connectivity index (χ0n) is 12.5. The number of aromatic nitrogens is 1. The van der Waals surface area contributed by atoms with Gasteiger partial charge in [0, 0.05) is 24.6 Å². The highest BCUT2D eigenvalue weighted by molar-refractivity contribution is 7.09. The summed E-state index contributed by atoms with van der Waals surface area (Å²) in [7, 11) is 1.78. The Kier molecular flexibility index (Phi) is 5.32.